The molecule has 0 aromatic carbocycles. The van der Waals surface area contributed by atoms with E-state index in [1.807, 2.05) is 0 Å². The third kappa shape index (κ3) is 8.09. The molecule has 0 aromatic rings. The molecule has 1 heteroatoms. The predicted octanol–water partition coefficient (Wildman–Crippen LogP) is 3.44. The zero-order valence-electron chi connectivity index (χ0n) is 6.84. The van der Waals surface area contributed by atoms with Crippen LogP contribution >= 0.6 is 12.6 Å². The van der Waals surface area contributed by atoms with Crippen LogP contribution in [-0.2, 0) is 0 Å². The first kappa shape index (κ1) is 10.1. The number of rotatable bonds is 6. The van der Waals surface area contributed by atoms with Gasteiger partial charge in [0, 0.05) is 0 Å². The van der Waals surface area contributed by atoms with E-state index in [9.17, 15) is 0 Å². The predicted molar refractivity (Wildman–Crippen MR) is 51.8 cm³/mol. The molecule has 0 heterocycles. The summed E-state index contributed by atoms with van der Waals surface area (Å²) in [6.45, 7) is 2.22. The third-order valence-electron chi connectivity index (χ3n) is 1.42. The second kappa shape index (κ2) is 9.09. The van der Waals surface area contributed by atoms with E-state index >= 15 is 0 Å². The average Bonchev–Trinajstić information content (AvgIpc) is 1.97. The standard InChI is InChI=1S/C9H18S/c1-2-3-4-5-6-7-8-9-10/h5-6,10H,2-4,7-9H2,1H3. The first-order chi connectivity index (χ1) is 4.91. The summed E-state index contributed by atoms with van der Waals surface area (Å²) in [5.41, 5.74) is 0. The number of thiol groups is 1. The van der Waals surface area contributed by atoms with Crippen molar-refractivity contribution in [3.63, 3.8) is 0 Å². The fourth-order valence-electron chi connectivity index (χ4n) is 0.767. The molecule has 0 aromatic heterocycles. The largest absolute Gasteiger partial charge is 0.179 e. The normalized spacial score (nSPS) is 11.0. The van der Waals surface area contributed by atoms with Gasteiger partial charge in [-0.05, 0) is 25.0 Å². The maximum atomic E-state index is 4.13. The molecule has 0 bridgehead atoms. The molecule has 0 saturated heterocycles. The first-order valence-corrected chi connectivity index (χ1v) is 4.81. The van der Waals surface area contributed by atoms with E-state index in [0.29, 0.717) is 0 Å². The van der Waals surface area contributed by atoms with Gasteiger partial charge in [-0.1, -0.05) is 31.9 Å². The Balaban J connectivity index is 2.89. The van der Waals surface area contributed by atoms with E-state index < -0.39 is 0 Å². The van der Waals surface area contributed by atoms with Crippen molar-refractivity contribution in [2.24, 2.45) is 0 Å². The minimum Gasteiger partial charge on any atom is -0.179 e. The van der Waals surface area contributed by atoms with Crippen LogP contribution in [0.3, 0.4) is 0 Å². The summed E-state index contributed by atoms with van der Waals surface area (Å²) in [4.78, 5) is 0. The molecule has 0 fully saturated rings. The Morgan fingerprint density at radius 1 is 1.10 bits per heavy atom. The summed E-state index contributed by atoms with van der Waals surface area (Å²) in [7, 11) is 0. The Morgan fingerprint density at radius 3 is 2.20 bits per heavy atom. The Labute approximate surface area is 70.1 Å². The number of hydrogen-bond donors (Lipinski definition) is 1. The fourth-order valence-corrected chi connectivity index (χ4v) is 0.949. The van der Waals surface area contributed by atoms with Gasteiger partial charge >= 0.3 is 0 Å². The molecule has 0 aliphatic carbocycles. The number of hydrogen-bond acceptors (Lipinski definition) is 1. The van der Waals surface area contributed by atoms with Crippen molar-refractivity contribution in [3.05, 3.63) is 12.2 Å². The van der Waals surface area contributed by atoms with Crippen LogP contribution in [-0.4, -0.2) is 5.75 Å². The van der Waals surface area contributed by atoms with Gasteiger partial charge in [-0.3, -0.25) is 0 Å². The molecule has 60 valence electrons. The lowest BCUT2D eigenvalue weighted by molar-refractivity contribution is 0.810. The van der Waals surface area contributed by atoms with Gasteiger partial charge in [-0.2, -0.15) is 12.6 Å². The quantitative estimate of drug-likeness (QED) is 0.342. The smallest absolute Gasteiger partial charge is 0.00950 e. The van der Waals surface area contributed by atoms with E-state index in [-0.39, 0.29) is 0 Å². The molecule has 0 N–H and O–H groups in total. The molecule has 0 spiro atoms. The average molecular weight is 158 g/mol. The van der Waals surface area contributed by atoms with Crippen LogP contribution in [0.15, 0.2) is 12.2 Å². The van der Waals surface area contributed by atoms with Crippen molar-refractivity contribution in [2.45, 2.75) is 39.0 Å². The van der Waals surface area contributed by atoms with Crippen molar-refractivity contribution >= 4 is 12.6 Å². The second-order valence-corrected chi connectivity index (χ2v) is 2.93. The SMILES string of the molecule is CCCCC=CCCCS. The molecule has 0 unspecified atom stereocenters. The molecule has 0 aliphatic rings. The molecule has 0 radical (unpaired) electrons. The highest BCUT2D eigenvalue weighted by Crippen LogP contribution is 1.98. The lowest BCUT2D eigenvalue weighted by atomic mass is 10.2. The Bertz CT molecular complexity index is 66.8. The Morgan fingerprint density at radius 2 is 1.70 bits per heavy atom. The van der Waals surface area contributed by atoms with Gasteiger partial charge in [0.1, 0.15) is 0 Å². The first-order valence-electron chi connectivity index (χ1n) is 4.17. The van der Waals surface area contributed by atoms with Gasteiger partial charge in [-0.25, -0.2) is 0 Å². The zero-order chi connectivity index (χ0) is 7.66. The van der Waals surface area contributed by atoms with E-state index in [4.69, 9.17) is 0 Å². The summed E-state index contributed by atoms with van der Waals surface area (Å²) in [6.07, 6.45) is 10.9. The van der Waals surface area contributed by atoms with Crippen molar-refractivity contribution < 1.29 is 0 Å². The van der Waals surface area contributed by atoms with Gasteiger partial charge in [0.05, 0.1) is 0 Å². The summed E-state index contributed by atoms with van der Waals surface area (Å²) in [5, 5.41) is 0. The maximum Gasteiger partial charge on any atom is -0.00950 e. The highest BCUT2D eigenvalue weighted by Gasteiger charge is 1.79. The second-order valence-electron chi connectivity index (χ2n) is 2.48. The van der Waals surface area contributed by atoms with Crippen LogP contribution < -0.4 is 0 Å². The van der Waals surface area contributed by atoms with Gasteiger partial charge in [0.15, 0.2) is 0 Å². The monoisotopic (exact) mass is 158 g/mol. The van der Waals surface area contributed by atoms with Gasteiger partial charge in [0.25, 0.3) is 0 Å². The highest BCUT2D eigenvalue weighted by molar-refractivity contribution is 7.80. The zero-order valence-corrected chi connectivity index (χ0v) is 7.74. The Kier molecular flexibility index (Phi) is 9.17. The molecule has 0 saturated carbocycles. The molecule has 10 heavy (non-hydrogen) atoms. The minimum atomic E-state index is 1.01. The number of unbranched alkanes of at least 4 members (excludes halogenated alkanes) is 3. The molecule has 0 rings (SSSR count). The van der Waals surface area contributed by atoms with Crippen molar-refractivity contribution in [1.29, 1.82) is 0 Å². The topological polar surface area (TPSA) is 0 Å². The van der Waals surface area contributed by atoms with Crippen LogP contribution in [0.2, 0.25) is 0 Å². The lowest BCUT2D eigenvalue weighted by Gasteiger charge is -1.89. The molecule has 0 atom stereocenters. The van der Waals surface area contributed by atoms with Crippen LogP contribution in [0.5, 0.6) is 0 Å². The Hall–Kier alpha value is 0.0900. The summed E-state index contributed by atoms with van der Waals surface area (Å²) < 4.78 is 0. The van der Waals surface area contributed by atoms with Crippen molar-refractivity contribution in [2.75, 3.05) is 5.75 Å². The van der Waals surface area contributed by atoms with Crippen LogP contribution in [0.1, 0.15) is 39.0 Å². The fraction of sp³-hybridized carbons (Fsp3) is 0.778. The lowest BCUT2D eigenvalue weighted by Crippen LogP contribution is -1.71. The summed E-state index contributed by atoms with van der Waals surface area (Å²) in [5.74, 6) is 1.01. The molecule has 0 aliphatic heterocycles. The van der Waals surface area contributed by atoms with Crippen LogP contribution in [0.4, 0.5) is 0 Å². The van der Waals surface area contributed by atoms with Crippen molar-refractivity contribution in [1.82, 2.24) is 0 Å². The van der Waals surface area contributed by atoms with E-state index in [1.54, 1.807) is 0 Å². The van der Waals surface area contributed by atoms with Crippen LogP contribution in [0, 0.1) is 0 Å². The van der Waals surface area contributed by atoms with Gasteiger partial charge < -0.3 is 0 Å². The molecule has 0 amide bonds. The third-order valence-corrected chi connectivity index (χ3v) is 1.74. The van der Waals surface area contributed by atoms with Crippen LogP contribution in [0.25, 0.3) is 0 Å². The van der Waals surface area contributed by atoms with E-state index in [1.165, 1.54) is 32.1 Å². The van der Waals surface area contributed by atoms with Gasteiger partial charge in [-0.15, -0.1) is 0 Å². The molecule has 0 nitrogen and oxygen atoms in total. The highest BCUT2D eigenvalue weighted by atomic mass is 32.1. The van der Waals surface area contributed by atoms with Gasteiger partial charge in [0.2, 0.25) is 0 Å². The summed E-state index contributed by atoms with van der Waals surface area (Å²) >= 11 is 4.13. The van der Waals surface area contributed by atoms with E-state index in [0.717, 1.165) is 5.75 Å². The molecular weight excluding hydrogens is 140 g/mol. The van der Waals surface area contributed by atoms with Crippen molar-refractivity contribution in [3.8, 4) is 0 Å². The summed E-state index contributed by atoms with van der Waals surface area (Å²) in [6, 6.07) is 0. The maximum absolute atomic E-state index is 4.13. The van der Waals surface area contributed by atoms with E-state index in [2.05, 4.69) is 31.7 Å². The number of allylic oxidation sites excluding steroid dienone is 2. The minimum absolute atomic E-state index is 1.01. The molecular formula is C9H18S.